The molecule has 2 aromatic rings. The van der Waals surface area contributed by atoms with Crippen LogP contribution in [0.2, 0.25) is 10.0 Å². The lowest BCUT2D eigenvalue weighted by molar-refractivity contribution is -0.192. The molecule has 1 aliphatic rings. The first-order valence-electron chi connectivity index (χ1n) is 9.10. The first-order valence-corrected chi connectivity index (χ1v) is 9.85. The number of rotatable bonds is 3. The molecular weight excluding hydrogens is 460 g/mol. The standard InChI is InChI=1S/C17H20Cl2N4O.C2HF3O2/c18-13-7-12(15(24)8-14(13)19)17(21)10-3-5-23(6-4-10)16-2-1-11(20)9-22-16;3-2(4,5)1(6)7/h1-2,7-10,17,24H,3-6,20-21H2;(H,6,7). The van der Waals surface area contributed by atoms with Gasteiger partial charge >= 0.3 is 12.1 Å². The third kappa shape index (κ3) is 6.78. The summed E-state index contributed by atoms with van der Waals surface area (Å²) in [5.41, 5.74) is 13.4. The number of nitrogen functional groups attached to an aromatic ring is 1. The Labute approximate surface area is 186 Å². The van der Waals surface area contributed by atoms with Gasteiger partial charge in [-0.1, -0.05) is 23.2 Å². The van der Waals surface area contributed by atoms with Crippen molar-refractivity contribution in [2.24, 2.45) is 11.7 Å². The van der Waals surface area contributed by atoms with Gasteiger partial charge in [0, 0.05) is 30.8 Å². The van der Waals surface area contributed by atoms with Crippen LogP contribution >= 0.6 is 23.2 Å². The summed E-state index contributed by atoms with van der Waals surface area (Å²) in [7, 11) is 0. The third-order valence-corrected chi connectivity index (χ3v) is 5.54. The van der Waals surface area contributed by atoms with Crippen LogP contribution in [0.1, 0.15) is 24.4 Å². The maximum absolute atomic E-state index is 10.6. The van der Waals surface area contributed by atoms with E-state index in [0.29, 0.717) is 21.3 Å². The van der Waals surface area contributed by atoms with Crippen molar-refractivity contribution in [1.82, 2.24) is 4.98 Å². The zero-order chi connectivity index (χ0) is 23.3. The van der Waals surface area contributed by atoms with E-state index >= 15 is 0 Å². The van der Waals surface area contributed by atoms with E-state index in [4.69, 9.17) is 44.6 Å². The van der Waals surface area contributed by atoms with Crippen molar-refractivity contribution in [2.45, 2.75) is 25.1 Å². The van der Waals surface area contributed by atoms with E-state index in [2.05, 4.69) is 9.88 Å². The minimum absolute atomic E-state index is 0.0968. The fourth-order valence-corrected chi connectivity index (χ4v) is 3.47. The lowest BCUT2D eigenvalue weighted by Gasteiger charge is -2.35. The predicted octanol–water partition coefficient (Wildman–Crippen LogP) is 4.23. The minimum atomic E-state index is -5.08. The Balaban J connectivity index is 0.000000423. The lowest BCUT2D eigenvalue weighted by Crippen LogP contribution is -2.38. The molecular formula is C19H21Cl2F3N4O3. The summed E-state index contributed by atoms with van der Waals surface area (Å²) in [6.07, 6.45) is -1.60. The number of nitrogens with two attached hydrogens (primary N) is 2. The molecule has 12 heteroatoms. The van der Waals surface area contributed by atoms with E-state index in [9.17, 15) is 18.3 Å². The number of hydrogen-bond acceptors (Lipinski definition) is 6. The van der Waals surface area contributed by atoms with Gasteiger partial charge in [-0.05, 0) is 37.0 Å². The summed E-state index contributed by atoms with van der Waals surface area (Å²) in [5, 5.41) is 18.0. The summed E-state index contributed by atoms with van der Waals surface area (Å²) in [4.78, 5) is 15.5. The fraction of sp³-hybridized carbons (Fsp3) is 0.368. The second-order valence-corrected chi connectivity index (χ2v) is 7.74. The number of alkyl halides is 3. The second-order valence-electron chi connectivity index (χ2n) is 6.93. The summed E-state index contributed by atoms with van der Waals surface area (Å²) in [6.45, 7) is 1.72. The third-order valence-electron chi connectivity index (χ3n) is 4.81. The molecule has 1 saturated heterocycles. The molecule has 0 aliphatic carbocycles. The van der Waals surface area contributed by atoms with Crippen molar-refractivity contribution in [2.75, 3.05) is 23.7 Å². The summed E-state index contributed by atoms with van der Waals surface area (Å²) in [5.74, 6) is -1.47. The number of carbonyl (C=O) groups is 1. The van der Waals surface area contributed by atoms with E-state index in [1.54, 1.807) is 12.3 Å². The van der Waals surface area contributed by atoms with Crippen LogP contribution in [0.25, 0.3) is 0 Å². The summed E-state index contributed by atoms with van der Waals surface area (Å²) in [6, 6.07) is 6.62. The topological polar surface area (TPSA) is 126 Å². The number of phenolic OH excluding ortho intramolecular Hbond substituents is 1. The molecule has 0 bridgehead atoms. The number of pyridine rings is 1. The molecule has 7 nitrogen and oxygen atoms in total. The molecule has 1 atom stereocenters. The van der Waals surface area contributed by atoms with Crippen LogP contribution in [0.4, 0.5) is 24.7 Å². The smallest absolute Gasteiger partial charge is 0.490 e. The normalized spacial score (nSPS) is 15.7. The fourth-order valence-electron chi connectivity index (χ4n) is 3.14. The van der Waals surface area contributed by atoms with Gasteiger partial charge in [-0.2, -0.15) is 13.2 Å². The molecule has 1 aliphatic heterocycles. The van der Waals surface area contributed by atoms with E-state index in [1.807, 2.05) is 12.1 Å². The van der Waals surface area contributed by atoms with Crippen LogP contribution in [-0.2, 0) is 4.79 Å². The molecule has 6 N–H and O–H groups in total. The highest BCUT2D eigenvalue weighted by Crippen LogP contribution is 2.38. The highest BCUT2D eigenvalue weighted by Gasteiger charge is 2.38. The van der Waals surface area contributed by atoms with E-state index in [0.717, 1.165) is 31.7 Å². The Kier molecular flexibility index (Phi) is 8.21. The Bertz CT molecular complexity index is 906. The molecule has 0 amide bonds. The number of piperidine rings is 1. The second kappa shape index (κ2) is 10.3. The van der Waals surface area contributed by atoms with Gasteiger partial charge in [0.15, 0.2) is 0 Å². The van der Waals surface area contributed by atoms with Crippen molar-refractivity contribution in [3.8, 4) is 5.75 Å². The van der Waals surface area contributed by atoms with Crippen LogP contribution in [0, 0.1) is 5.92 Å². The molecule has 0 radical (unpaired) electrons. The van der Waals surface area contributed by atoms with Crippen molar-refractivity contribution >= 4 is 40.7 Å². The maximum atomic E-state index is 10.6. The van der Waals surface area contributed by atoms with Crippen LogP contribution in [0.5, 0.6) is 5.75 Å². The van der Waals surface area contributed by atoms with Gasteiger partial charge in [0.2, 0.25) is 0 Å². The van der Waals surface area contributed by atoms with Gasteiger partial charge in [-0.25, -0.2) is 9.78 Å². The van der Waals surface area contributed by atoms with E-state index < -0.39 is 12.1 Å². The molecule has 1 aromatic heterocycles. The van der Waals surface area contributed by atoms with E-state index in [1.165, 1.54) is 6.07 Å². The number of aliphatic carboxylic acids is 1. The molecule has 0 saturated carbocycles. The average molecular weight is 481 g/mol. The monoisotopic (exact) mass is 480 g/mol. The zero-order valence-corrected chi connectivity index (χ0v) is 17.6. The minimum Gasteiger partial charge on any atom is -0.508 e. The van der Waals surface area contributed by atoms with Gasteiger partial charge in [0.05, 0.1) is 21.9 Å². The van der Waals surface area contributed by atoms with E-state index in [-0.39, 0.29) is 17.7 Å². The largest absolute Gasteiger partial charge is 0.508 e. The molecule has 1 fully saturated rings. The van der Waals surface area contributed by atoms with Gasteiger partial charge < -0.3 is 26.6 Å². The van der Waals surface area contributed by atoms with Crippen LogP contribution < -0.4 is 16.4 Å². The highest BCUT2D eigenvalue weighted by atomic mass is 35.5. The van der Waals surface area contributed by atoms with Crippen molar-refractivity contribution in [1.29, 1.82) is 0 Å². The number of phenols is 1. The molecule has 170 valence electrons. The number of hydrogen-bond donors (Lipinski definition) is 4. The Morgan fingerprint density at radius 3 is 2.23 bits per heavy atom. The number of halogens is 5. The van der Waals surface area contributed by atoms with Gasteiger partial charge in [0.25, 0.3) is 0 Å². The number of aromatic hydroxyl groups is 1. The number of aromatic nitrogens is 1. The molecule has 2 heterocycles. The first-order chi connectivity index (χ1) is 14.4. The quantitative estimate of drug-likeness (QED) is 0.517. The van der Waals surface area contributed by atoms with Crippen LogP contribution in [0.3, 0.4) is 0 Å². The summed E-state index contributed by atoms with van der Waals surface area (Å²) >= 11 is 12.0. The zero-order valence-electron chi connectivity index (χ0n) is 16.1. The first kappa shape index (κ1) is 24.8. The van der Waals surface area contributed by atoms with Gasteiger partial charge in [-0.15, -0.1) is 0 Å². The van der Waals surface area contributed by atoms with Crippen molar-refractivity contribution < 1.29 is 28.2 Å². The molecule has 0 spiro atoms. The van der Waals surface area contributed by atoms with Crippen LogP contribution in [0.15, 0.2) is 30.5 Å². The number of benzene rings is 1. The highest BCUT2D eigenvalue weighted by molar-refractivity contribution is 6.42. The Hall–Kier alpha value is -2.43. The Morgan fingerprint density at radius 1 is 1.19 bits per heavy atom. The van der Waals surface area contributed by atoms with Gasteiger partial charge in [-0.3, -0.25) is 0 Å². The molecule has 31 heavy (non-hydrogen) atoms. The number of anilines is 2. The maximum Gasteiger partial charge on any atom is 0.490 e. The summed E-state index contributed by atoms with van der Waals surface area (Å²) < 4.78 is 31.7. The Morgan fingerprint density at radius 2 is 1.74 bits per heavy atom. The number of carboxylic acid groups (broad SMARTS) is 1. The SMILES string of the molecule is Nc1ccc(N2CCC(C(N)c3cc(Cl)c(Cl)cc3O)CC2)nc1.O=C(O)C(F)(F)F. The molecule has 1 unspecified atom stereocenters. The number of carboxylic acids is 1. The average Bonchev–Trinajstić information content (AvgIpc) is 2.71. The van der Waals surface area contributed by atoms with Crippen molar-refractivity contribution in [3.05, 3.63) is 46.1 Å². The van der Waals surface area contributed by atoms with Crippen molar-refractivity contribution in [3.63, 3.8) is 0 Å². The number of nitrogens with zero attached hydrogens (tertiary/aromatic N) is 2. The van der Waals surface area contributed by atoms with Gasteiger partial charge in [0.1, 0.15) is 11.6 Å². The van der Waals surface area contributed by atoms with Crippen LogP contribution in [-0.4, -0.2) is 40.4 Å². The molecule has 3 rings (SSSR count). The lowest BCUT2D eigenvalue weighted by atomic mass is 9.85. The molecule has 1 aromatic carbocycles. The predicted molar refractivity (Wildman–Crippen MR) is 112 cm³/mol.